The number of hydrogen-bond acceptors (Lipinski definition) is 5. The Morgan fingerprint density at radius 1 is 1.03 bits per heavy atom. The number of carbonyl (C=O) groups is 1. The number of anilines is 1. The van der Waals surface area contributed by atoms with E-state index >= 15 is 0 Å². The van der Waals surface area contributed by atoms with Crippen molar-refractivity contribution < 1.29 is 19.7 Å². The van der Waals surface area contributed by atoms with Gasteiger partial charge in [-0.05, 0) is 46.9 Å². The maximum Gasteiger partial charge on any atom is 0.407 e. The van der Waals surface area contributed by atoms with Crippen molar-refractivity contribution in [1.82, 2.24) is 5.32 Å². The van der Waals surface area contributed by atoms with E-state index in [0.717, 1.165) is 22.3 Å². The van der Waals surface area contributed by atoms with Gasteiger partial charge in [-0.25, -0.2) is 4.79 Å². The topological polar surface area (TPSA) is 105 Å². The van der Waals surface area contributed by atoms with Crippen LogP contribution in [0.5, 0.6) is 0 Å². The molecular weight excluding hydrogens is 428 g/mol. The number of aliphatic hydroxyl groups excluding tert-OH is 2. The number of alkyl carbamates (subject to hydrolysis) is 1. The Bertz CT molecular complexity index is 1080. The van der Waals surface area contributed by atoms with E-state index in [0.29, 0.717) is 16.3 Å². The summed E-state index contributed by atoms with van der Waals surface area (Å²) in [6.45, 7) is 0.347. The first kappa shape index (κ1) is 22.1. The van der Waals surface area contributed by atoms with E-state index < -0.39 is 18.3 Å². The molecule has 2 unspecified atom stereocenters. The van der Waals surface area contributed by atoms with Crippen LogP contribution in [-0.4, -0.2) is 35.6 Å². The van der Waals surface area contributed by atoms with Gasteiger partial charge < -0.3 is 26.0 Å². The summed E-state index contributed by atoms with van der Waals surface area (Å²) in [5.74, 6) is -0.0219. The Balaban J connectivity index is 1.29. The first-order valence-electron chi connectivity index (χ1n) is 10.5. The number of rotatable bonds is 7. The quantitative estimate of drug-likeness (QED) is 0.401. The molecule has 0 radical (unpaired) electrons. The van der Waals surface area contributed by atoms with Gasteiger partial charge in [0.2, 0.25) is 0 Å². The SMILES string of the molecule is Nc1ccc(Cl)cc1C(O)C(O)CCNC(=O)OCC1c2ccccc2-c2ccccc21. The molecular formula is C25H25ClN2O4. The lowest BCUT2D eigenvalue weighted by atomic mass is 9.98. The zero-order valence-electron chi connectivity index (χ0n) is 17.4. The second-order valence-corrected chi connectivity index (χ2v) is 8.26. The number of ether oxygens (including phenoxy) is 1. The number of halogens is 1. The van der Waals surface area contributed by atoms with Crippen LogP contribution < -0.4 is 11.1 Å². The number of hydrogen-bond donors (Lipinski definition) is 4. The van der Waals surface area contributed by atoms with Crippen LogP contribution in [0.15, 0.2) is 66.7 Å². The number of amides is 1. The van der Waals surface area contributed by atoms with E-state index in [2.05, 4.69) is 29.6 Å². The third-order valence-corrected chi connectivity index (χ3v) is 6.02. The predicted molar refractivity (Wildman–Crippen MR) is 125 cm³/mol. The second-order valence-electron chi connectivity index (χ2n) is 7.83. The summed E-state index contributed by atoms with van der Waals surface area (Å²) in [5.41, 5.74) is 11.1. The van der Waals surface area contributed by atoms with Crippen molar-refractivity contribution in [2.75, 3.05) is 18.9 Å². The molecule has 0 spiro atoms. The van der Waals surface area contributed by atoms with E-state index in [9.17, 15) is 15.0 Å². The Morgan fingerprint density at radius 3 is 2.31 bits per heavy atom. The molecule has 0 saturated heterocycles. The summed E-state index contributed by atoms with van der Waals surface area (Å²) in [6.07, 6.45) is -2.78. The van der Waals surface area contributed by atoms with Crippen LogP contribution in [0.2, 0.25) is 5.02 Å². The fourth-order valence-electron chi connectivity index (χ4n) is 4.14. The highest BCUT2D eigenvalue weighted by Gasteiger charge is 2.29. The molecule has 3 aromatic rings. The van der Waals surface area contributed by atoms with Gasteiger partial charge in [0, 0.05) is 28.7 Å². The van der Waals surface area contributed by atoms with Crippen molar-refractivity contribution in [3.8, 4) is 11.1 Å². The molecule has 166 valence electrons. The fourth-order valence-corrected chi connectivity index (χ4v) is 4.32. The summed E-state index contributed by atoms with van der Waals surface area (Å²) in [4.78, 5) is 12.2. The minimum atomic E-state index is -1.21. The normalized spacial score (nSPS) is 14.3. The monoisotopic (exact) mass is 452 g/mol. The molecule has 0 saturated carbocycles. The average molecular weight is 453 g/mol. The molecule has 0 aliphatic heterocycles. The molecule has 1 aliphatic rings. The zero-order chi connectivity index (χ0) is 22.7. The molecule has 7 heteroatoms. The van der Waals surface area contributed by atoms with Gasteiger partial charge in [0.25, 0.3) is 0 Å². The van der Waals surface area contributed by atoms with Crippen LogP contribution in [0.3, 0.4) is 0 Å². The van der Waals surface area contributed by atoms with Crippen molar-refractivity contribution in [2.24, 2.45) is 0 Å². The number of nitrogen functional groups attached to an aromatic ring is 1. The van der Waals surface area contributed by atoms with Gasteiger partial charge in [-0.15, -0.1) is 0 Å². The molecule has 0 aromatic heterocycles. The highest BCUT2D eigenvalue weighted by Crippen LogP contribution is 2.44. The number of fused-ring (bicyclic) bond motifs is 3. The van der Waals surface area contributed by atoms with Crippen molar-refractivity contribution >= 4 is 23.4 Å². The van der Waals surface area contributed by atoms with E-state index in [-0.39, 0.29) is 25.5 Å². The molecule has 32 heavy (non-hydrogen) atoms. The Kier molecular flexibility index (Phi) is 6.65. The number of nitrogens with two attached hydrogens (primary N) is 1. The van der Waals surface area contributed by atoms with Crippen LogP contribution >= 0.6 is 11.6 Å². The summed E-state index contributed by atoms with van der Waals surface area (Å²) in [7, 11) is 0. The lowest BCUT2D eigenvalue weighted by molar-refractivity contribution is 0.0141. The smallest absolute Gasteiger partial charge is 0.407 e. The zero-order valence-corrected chi connectivity index (χ0v) is 18.1. The first-order valence-corrected chi connectivity index (χ1v) is 10.8. The molecule has 0 bridgehead atoms. The summed E-state index contributed by atoms with van der Waals surface area (Å²) in [5, 5.41) is 23.7. The van der Waals surface area contributed by atoms with Crippen LogP contribution in [0.4, 0.5) is 10.5 Å². The minimum Gasteiger partial charge on any atom is -0.449 e. The van der Waals surface area contributed by atoms with E-state index in [1.54, 1.807) is 12.1 Å². The van der Waals surface area contributed by atoms with Gasteiger partial charge in [0.15, 0.2) is 0 Å². The van der Waals surface area contributed by atoms with Crippen LogP contribution in [-0.2, 0) is 4.74 Å². The molecule has 0 heterocycles. The van der Waals surface area contributed by atoms with Gasteiger partial charge in [-0.2, -0.15) is 0 Å². The van der Waals surface area contributed by atoms with Crippen molar-refractivity contribution in [2.45, 2.75) is 24.5 Å². The Morgan fingerprint density at radius 2 is 1.66 bits per heavy atom. The van der Waals surface area contributed by atoms with Crippen molar-refractivity contribution in [3.63, 3.8) is 0 Å². The van der Waals surface area contributed by atoms with Gasteiger partial charge in [0.1, 0.15) is 12.7 Å². The van der Waals surface area contributed by atoms with E-state index in [4.69, 9.17) is 22.1 Å². The van der Waals surface area contributed by atoms with E-state index in [1.807, 2.05) is 24.3 Å². The van der Waals surface area contributed by atoms with Gasteiger partial charge in [-0.3, -0.25) is 0 Å². The highest BCUT2D eigenvalue weighted by atomic mass is 35.5. The number of aliphatic hydroxyl groups is 2. The molecule has 2 atom stereocenters. The molecule has 4 rings (SSSR count). The summed E-state index contributed by atoms with van der Waals surface area (Å²) in [6, 6.07) is 20.9. The summed E-state index contributed by atoms with van der Waals surface area (Å²) < 4.78 is 5.47. The second kappa shape index (κ2) is 9.61. The third kappa shape index (κ3) is 4.58. The van der Waals surface area contributed by atoms with Crippen molar-refractivity contribution in [1.29, 1.82) is 0 Å². The van der Waals surface area contributed by atoms with Gasteiger partial charge in [0.05, 0.1) is 6.10 Å². The summed E-state index contributed by atoms with van der Waals surface area (Å²) >= 11 is 5.94. The molecule has 5 N–H and O–H groups in total. The van der Waals surface area contributed by atoms with Crippen LogP contribution in [0.1, 0.15) is 35.1 Å². The molecule has 1 amide bonds. The number of benzene rings is 3. The lowest BCUT2D eigenvalue weighted by Gasteiger charge is -2.20. The average Bonchev–Trinajstić information content (AvgIpc) is 3.12. The van der Waals surface area contributed by atoms with Gasteiger partial charge >= 0.3 is 6.09 Å². The first-order chi connectivity index (χ1) is 15.5. The van der Waals surface area contributed by atoms with Crippen LogP contribution in [0.25, 0.3) is 11.1 Å². The lowest BCUT2D eigenvalue weighted by Crippen LogP contribution is -2.30. The molecule has 1 aliphatic carbocycles. The largest absolute Gasteiger partial charge is 0.449 e. The van der Waals surface area contributed by atoms with Gasteiger partial charge in [-0.1, -0.05) is 60.1 Å². The Labute approximate surface area is 191 Å². The third-order valence-electron chi connectivity index (χ3n) is 5.79. The maximum atomic E-state index is 12.2. The molecule has 0 fully saturated rings. The predicted octanol–water partition coefficient (Wildman–Crippen LogP) is 4.25. The fraction of sp³-hybridized carbons (Fsp3) is 0.240. The maximum absolute atomic E-state index is 12.2. The van der Waals surface area contributed by atoms with Crippen LogP contribution in [0, 0.1) is 0 Å². The minimum absolute atomic E-state index is 0.0219. The number of carbonyl (C=O) groups excluding carboxylic acids is 1. The number of nitrogens with one attached hydrogen (secondary N) is 1. The van der Waals surface area contributed by atoms with E-state index in [1.165, 1.54) is 6.07 Å². The van der Waals surface area contributed by atoms with Crippen molar-refractivity contribution in [3.05, 3.63) is 88.4 Å². The Hall–Kier alpha value is -3.06. The molecule has 3 aromatic carbocycles. The standard InChI is InChI=1S/C25H25ClN2O4/c26-15-9-10-22(27)20(13-15)24(30)23(29)11-12-28-25(31)32-14-21-18-7-3-1-5-16(18)17-6-2-4-8-19(17)21/h1-10,13,21,23-24,29-30H,11-12,14,27H2,(H,28,31). The molecule has 6 nitrogen and oxygen atoms in total. The highest BCUT2D eigenvalue weighted by molar-refractivity contribution is 6.30.